The minimum absolute atomic E-state index is 0.0103. The number of ether oxygens (including phenoxy) is 1. The molecular formula is C31H33FN6O2. The fraction of sp³-hybridized carbons (Fsp3) is 0.355. The number of rotatable bonds is 6. The van der Waals surface area contributed by atoms with E-state index in [0.29, 0.717) is 41.3 Å². The maximum atomic E-state index is 14.4. The summed E-state index contributed by atoms with van der Waals surface area (Å²) in [4.78, 5) is 26.7. The summed E-state index contributed by atoms with van der Waals surface area (Å²) >= 11 is 0. The second-order valence-electron chi connectivity index (χ2n) is 10.7. The number of anilines is 1. The van der Waals surface area contributed by atoms with E-state index in [1.807, 2.05) is 32.0 Å². The molecule has 0 aliphatic carbocycles. The molecule has 9 heteroatoms. The topological polar surface area (TPSA) is 87.3 Å². The molecule has 0 spiro atoms. The van der Waals surface area contributed by atoms with Crippen LogP contribution in [0.1, 0.15) is 50.7 Å². The number of aryl methyl sites for hydroxylation is 1. The molecule has 4 aromatic rings. The molecule has 0 N–H and O–H groups in total. The van der Waals surface area contributed by atoms with E-state index in [4.69, 9.17) is 9.72 Å². The normalized spacial score (nSPS) is 18.6. The molecule has 5 rings (SSSR count). The smallest absolute Gasteiger partial charge is 0.252 e. The SMILES string of the molecule is CC(C)Oc1ccc(C(c2cccc(F)c2)N2C[C@H](C)N(c3cc(=O)n(C)c4ccc(C#N)nc34)C[C@H]2C)nc1. The third-order valence-electron chi connectivity index (χ3n) is 7.43. The van der Waals surface area contributed by atoms with Gasteiger partial charge in [0, 0.05) is 38.3 Å². The number of fused-ring (bicyclic) bond motifs is 1. The molecular weight excluding hydrogens is 507 g/mol. The lowest BCUT2D eigenvalue weighted by molar-refractivity contribution is 0.127. The van der Waals surface area contributed by atoms with Gasteiger partial charge < -0.3 is 14.2 Å². The first-order chi connectivity index (χ1) is 19.2. The number of nitrogens with zero attached hydrogens (tertiary/aromatic N) is 6. The van der Waals surface area contributed by atoms with Crippen molar-refractivity contribution in [3.8, 4) is 11.8 Å². The minimum atomic E-state index is -0.299. The predicted molar refractivity (Wildman–Crippen MR) is 153 cm³/mol. The van der Waals surface area contributed by atoms with Gasteiger partial charge in [0.05, 0.1) is 35.2 Å². The van der Waals surface area contributed by atoms with Crippen molar-refractivity contribution in [3.63, 3.8) is 0 Å². The third kappa shape index (κ3) is 5.27. The van der Waals surface area contributed by atoms with Crippen molar-refractivity contribution in [2.45, 2.75) is 51.9 Å². The van der Waals surface area contributed by atoms with Crippen molar-refractivity contribution in [2.24, 2.45) is 7.05 Å². The van der Waals surface area contributed by atoms with Crippen LogP contribution < -0.4 is 15.2 Å². The van der Waals surface area contributed by atoms with Crippen LogP contribution >= 0.6 is 0 Å². The highest BCUT2D eigenvalue weighted by atomic mass is 19.1. The number of nitriles is 1. The lowest BCUT2D eigenvalue weighted by atomic mass is 9.96. The van der Waals surface area contributed by atoms with Crippen LogP contribution in [0.5, 0.6) is 5.75 Å². The van der Waals surface area contributed by atoms with Crippen molar-refractivity contribution in [1.82, 2.24) is 19.4 Å². The molecule has 206 valence electrons. The van der Waals surface area contributed by atoms with Gasteiger partial charge in [-0.15, -0.1) is 0 Å². The van der Waals surface area contributed by atoms with Gasteiger partial charge in [-0.2, -0.15) is 5.26 Å². The van der Waals surface area contributed by atoms with E-state index in [9.17, 15) is 14.4 Å². The number of piperazine rings is 1. The monoisotopic (exact) mass is 540 g/mol. The first-order valence-electron chi connectivity index (χ1n) is 13.5. The zero-order valence-corrected chi connectivity index (χ0v) is 23.4. The Hall–Kier alpha value is -4.29. The number of pyridine rings is 3. The fourth-order valence-electron chi connectivity index (χ4n) is 5.55. The Kier molecular flexibility index (Phi) is 7.55. The van der Waals surface area contributed by atoms with Gasteiger partial charge in [0.1, 0.15) is 28.8 Å². The Morgan fingerprint density at radius 2 is 1.88 bits per heavy atom. The first kappa shape index (κ1) is 27.3. The van der Waals surface area contributed by atoms with Crippen molar-refractivity contribution >= 4 is 16.7 Å². The average Bonchev–Trinajstić information content (AvgIpc) is 2.93. The summed E-state index contributed by atoms with van der Waals surface area (Å²) in [5.74, 6) is 0.386. The minimum Gasteiger partial charge on any atom is -0.489 e. The van der Waals surface area contributed by atoms with E-state index in [0.717, 1.165) is 11.3 Å². The van der Waals surface area contributed by atoms with Crippen LogP contribution in [0.2, 0.25) is 0 Å². The third-order valence-corrected chi connectivity index (χ3v) is 7.43. The molecule has 1 aromatic carbocycles. The van der Waals surface area contributed by atoms with Gasteiger partial charge in [-0.1, -0.05) is 12.1 Å². The molecule has 1 unspecified atom stereocenters. The summed E-state index contributed by atoms with van der Waals surface area (Å²) in [7, 11) is 1.71. The van der Waals surface area contributed by atoms with Crippen LogP contribution in [0.25, 0.3) is 11.0 Å². The maximum Gasteiger partial charge on any atom is 0.252 e. The van der Waals surface area contributed by atoms with E-state index in [-0.39, 0.29) is 35.6 Å². The van der Waals surface area contributed by atoms with Crippen LogP contribution in [-0.4, -0.2) is 50.7 Å². The van der Waals surface area contributed by atoms with Gasteiger partial charge in [0.15, 0.2) is 0 Å². The molecule has 1 aliphatic heterocycles. The zero-order chi connectivity index (χ0) is 28.6. The number of halogens is 1. The Bertz CT molecular complexity index is 1630. The van der Waals surface area contributed by atoms with Crippen molar-refractivity contribution in [1.29, 1.82) is 5.26 Å². The lowest BCUT2D eigenvalue weighted by Crippen LogP contribution is -2.57. The van der Waals surface area contributed by atoms with Crippen molar-refractivity contribution < 1.29 is 9.13 Å². The van der Waals surface area contributed by atoms with Crippen molar-refractivity contribution in [2.75, 3.05) is 18.0 Å². The Morgan fingerprint density at radius 1 is 1.07 bits per heavy atom. The molecule has 1 aliphatic rings. The highest BCUT2D eigenvalue weighted by Crippen LogP contribution is 2.36. The van der Waals surface area contributed by atoms with Crippen LogP contribution in [-0.2, 0) is 7.05 Å². The van der Waals surface area contributed by atoms with Gasteiger partial charge in [-0.25, -0.2) is 9.37 Å². The Balaban J connectivity index is 1.53. The second kappa shape index (κ2) is 11.1. The summed E-state index contributed by atoms with van der Waals surface area (Å²) in [6.07, 6.45) is 1.75. The summed E-state index contributed by atoms with van der Waals surface area (Å²) in [5, 5.41) is 9.47. The largest absolute Gasteiger partial charge is 0.489 e. The number of hydrogen-bond acceptors (Lipinski definition) is 7. The lowest BCUT2D eigenvalue weighted by Gasteiger charge is -2.48. The van der Waals surface area contributed by atoms with E-state index < -0.39 is 0 Å². The Labute approximate surface area is 233 Å². The van der Waals surface area contributed by atoms with Gasteiger partial charge >= 0.3 is 0 Å². The van der Waals surface area contributed by atoms with Crippen LogP contribution in [0.3, 0.4) is 0 Å². The standard InChI is InChI=1S/C31H33FN6O2/c1-19(2)40-25-10-11-26(34-16-25)31(22-7-6-8-23(32)13-22)38-18-20(3)37(17-21(38)4)28-14-29(39)36(5)27-12-9-24(15-33)35-30(27)28/h6-14,16,19-21,31H,17-18H2,1-5H3/t20-,21+,31?/m0/s1. The average molecular weight is 541 g/mol. The van der Waals surface area contributed by atoms with Crippen LogP contribution in [0, 0.1) is 17.1 Å². The van der Waals surface area contributed by atoms with Gasteiger partial charge in [0.25, 0.3) is 5.56 Å². The molecule has 8 nitrogen and oxygen atoms in total. The number of aromatic nitrogens is 3. The Morgan fingerprint density at radius 3 is 2.55 bits per heavy atom. The van der Waals surface area contributed by atoms with E-state index in [1.165, 1.54) is 6.07 Å². The van der Waals surface area contributed by atoms with E-state index in [1.54, 1.807) is 48.1 Å². The molecule has 40 heavy (non-hydrogen) atoms. The molecule has 1 saturated heterocycles. The summed E-state index contributed by atoms with van der Waals surface area (Å²) in [6, 6.07) is 17.3. The molecule has 0 amide bonds. The summed E-state index contributed by atoms with van der Waals surface area (Å²) in [6.45, 7) is 9.39. The quantitative estimate of drug-likeness (QED) is 0.347. The highest BCUT2D eigenvalue weighted by Gasteiger charge is 2.36. The number of hydrogen-bond donors (Lipinski definition) is 0. The molecule has 3 aromatic heterocycles. The van der Waals surface area contributed by atoms with E-state index >= 15 is 0 Å². The van der Waals surface area contributed by atoms with Crippen molar-refractivity contribution in [3.05, 3.63) is 93.9 Å². The summed E-state index contributed by atoms with van der Waals surface area (Å²) < 4.78 is 21.8. The molecule has 3 atom stereocenters. The summed E-state index contributed by atoms with van der Waals surface area (Å²) in [5.41, 5.74) is 3.79. The molecule has 0 saturated carbocycles. The molecule has 0 radical (unpaired) electrons. The van der Waals surface area contributed by atoms with Gasteiger partial charge in [-0.05, 0) is 69.7 Å². The van der Waals surface area contributed by atoms with Crippen LogP contribution in [0.15, 0.2) is 65.6 Å². The fourth-order valence-corrected chi connectivity index (χ4v) is 5.55. The molecule has 1 fully saturated rings. The predicted octanol–water partition coefficient (Wildman–Crippen LogP) is 4.82. The first-order valence-corrected chi connectivity index (χ1v) is 13.5. The second-order valence-corrected chi connectivity index (χ2v) is 10.7. The number of benzene rings is 1. The van der Waals surface area contributed by atoms with Crippen LogP contribution in [0.4, 0.5) is 10.1 Å². The highest BCUT2D eigenvalue weighted by molar-refractivity contribution is 5.89. The molecule has 0 bridgehead atoms. The zero-order valence-electron chi connectivity index (χ0n) is 23.4. The van der Waals surface area contributed by atoms with Gasteiger partial charge in [0.2, 0.25) is 0 Å². The van der Waals surface area contributed by atoms with Gasteiger partial charge in [-0.3, -0.25) is 14.7 Å². The maximum absolute atomic E-state index is 14.4. The van der Waals surface area contributed by atoms with E-state index in [2.05, 4.69) is 34.7 Å². The molecule has 4 heterocycles.